The molecule has 0 unspecified atom stereocenters. The molecule has 1 saturated carbocycles. The predicted octanol–water partition coefficient (Wildman–Crippen LogP) is 2.58. The van der Waals surface area contributed by atoms with E-state index in [0.29, 0.717) is 18.4 Å². The number of carbonyl (C=O) groups excluding carboxylic acids is 1. The molecule has 0 heterocycles. The molecule has 0 spiro atoms. The minimum absolute atomic E-state index is 0.00843. The molecule has 1 aromatic rings. The summed E-state index contributed by atoms with van der Waals surface area (Å²) in [7, 11) is 0. The first-order chi connectivity index (χ1) is 9.27. The van der Waals surface area contributed by atoms with E-state index < -0.39 is 5.97 Å². The highest BCUT2D eigenvalue weighted by Crippen LogP contribution is 2.28. The predicted molar refractivity (Wildman–Crippen MR) is 76.8 cm³/mol. The van der Waals surface area contributed by atoms with Gasteiger partial charge in [0.15, 0.2) is 0 Å². The summed E-state index contributed by atoms with van der Waals surface area (Å²) >= 11 is 0. The van der Waals surface area contributed by atoms with Gasteiger partial charge < -0.3 is 10.4 Å². The van der Waals surface area contributed by atoms with Crippen LogP contribution >= 0.6 is 0 Å². The van der Waals surface area contributed by atoms with Gasteiger partial charge >= 0.3 is 5.97 Å². The van der Waals surface area contributed by atoms with Gasteiger partial charge in [-0.3, -0.25) is 9.59 Å². The summed E-state index contributed by atoms with van der Waals surface area (Å²) < 4.78 is 0. The summed E-state index contributed by atoms with van der Waals surface area (Å²) in [5.41, 5.74) is 1.87. The first-order valence-electron chi connectivity index (χ1n) is 6.91. The number of carboxylic acids is 1. The lowest BCUT2D eigenvalue weighted by Gasteiger charge is -2.32. The summed E-state index contributed by atoms with van der Waals surface area (Å²) in [6.07, 6.45) is 1.06. The molecular formula is C16H21NO3. The second-order valence-electron chi connectivity index (χ2n) is 6.50. The Bertz CT molecular complexity index is 508. The van der Waals surface area contributed by atoms with Crippen LogP contribution in [0.3, 0.4) is 0 Å². The third kappa shape index (κ3) is 3.18. The molecule has 4 nitrogen and oxygen atoms in total. The molecule has 108 valence electrons. The fourth-order valence-electron chi connectivity index (χ4n) is 2.33. The van der Waals surface area contributed by atoms with E-state index in [1.54, 1.807) is 0 Å². The van der Waals surface area contributed by atoms with Crippen molar-refractivity contribution in [3.8, 4) is 0 Å². The summed E-state index contributed by atoms with van der Waals surface area (Å²) in [5.74, 6) is -1.20. The van der Waals surface area contributed by atoms with E-state index in [9.17, 15) is 9.59 Å². The zero-order valence-corrected chi connectivity index (χ0v) is 12.1. The number of aliphatic carboxylic acids is 1. The Balaban J connectivity index is 1.92. The zero-order valence-electron chi connectivity index (χ0n) is 12.1. The molecule has 0 atom stereocenters. The molecule has 0 radical (unpaired) electrons. The molecule has 4 heteroatoms. The molecule has 1 aliphatic rings. The molecule has 0 aromatic heterocycles. The Morgan fingerprint density at radius 2 is 1.70 bits per heavy atom. The van der Waals surface area contributed by atoms with Crippen LogP contribution in [0.2, 0.25) is 0 Å². The lowest BCUT2D eigenvalue weighted by molar-refractivity contribution is -0.145. The van der Waals surface area contributed by atoms with Gasteiger partial charge in [-0.2, -0.15) is 0 Å². The summed E-state index contributed by atoms with van der Waals surface area (Å²) in [6.45, 7) is 6.38. The Morgan fingerprint density at radius 3 is 2.15 bits per heavy atom. The van der Waals surface area contributed by atoms with Crippen LogP contribution in [0.25, 0.3) is 0 Å². The maximum Gasteiger partial charge on any atom is 0.306 e. The van der Waals surface area contributed by atoms with E-state index >= 15 is 0 Å². The minimum atomic E-state index is -0.773. The molecule has 1 aromatic carbocycles. The first kappa shape index (κ1) is 14.6. The summed E-state index contributed by atoms with van der Waals surface area (Å²) in [5, 5.41) is 11.7. The maximum absolute atomic E-state index is 12.0. The number of amides is 1. The molecule has 0 bridgehead atoms. The molecule has 2 N–H and O–H groups in total. The van der Waals surface area contributed by atoms with Crippen molar-refractivity contribution in [2.24, 2.45) is 5.92 Å². The van der Waals surface area contributed by atoms with Crippen LogP contribution in [-0.4, -0.2) is 23.0 Å². The molecule has 20 heavy (non-hydrogen) atoms. The number of hydrogen-bond donors (Lipinski definition) is 2. The molecule has 1 amide bonds. The lowest BCUT2D eigenvalue weighted by atomic mass is 9.80. The molecule has 0 aliphatic heterocycles. The zero-order chi connectivity index (χ0) is 14.9. The van der Waals surface area contributed by atoms with Crippen molar-refractivity contribution >= 4 is 11.9 Å². The number of rotatable bonds is 3. The van der Waals surface area contributed by atoms with Crippen LogP contribution in [0.15, 0.2) is 24.3 Å². The number of carboxylic acid groups (broad SMARTS) is 1. The maximum atomic E-state index is 12.0. The standard InChI is InChI=1S/C16H21NO3/c1-16(2,3)12-6-4-10(5-7-12)14(18)17-13-8-11(9-13)15(19)20/h4-7,11,13H,8-9H2,1-3H3,(H,17,18)(H,19,20). The normalized spacial score (nSPS) is 21.9. The van der Waals surface area contributed by atoms with Gasteiger partial charge in [0, 0.05) is 11.6 Å². The average Bonchev–Trinajstić information content (AvgIpc) is 2.31. The molecule has 1 fully saturated rings. The van der Waals surface area contributed by atoms with Gasteiger partial charge in [0.25, 0.3) is 5.91 Å². The van der Waals surface area contributed by atoms with Gasteiger partial charge in [-0.25, -0.2) is 0 Å². The Morgan fingerprint density at radius 1 is 1.15 bits per heavy atom. The fraction of sp³-hybridized carbons (Fsp3) is 0.500. The fourth-order valence-corrected chi connectivity index (χ4v) is 2.33. The van der Waals surface area contributed by atoms with Crippen LogP contribution in [0.4, 0.5) is 0 Å². The second kappa shape index (κ2) is 5.27. The Labute approximate surface area is 119 Å². The first-order valence-corrected chi connectivity index (χ1v) is 6.91. The van der Waals surface area contributed by atoms with Crippen molar-refractivity contribution in [1.82, 2.24) is 5.32 Å². The Hall–Kier alpha value is -1.84. The van der Waals surface area contributed by atoms with E-state index in [2.05, 4.69) is 26.1 Å². The van der Waals surface area contributed by atoms with E-state index in [1.807, 2.05) is 24.3 Å². The molecule has 0 saturated heterocycles. The minimum Gasteiger partial charge on any atom is -0.481 e. The third-order valence-electron chi connectivity index (χ3n) is 3.84. The monoisotopic (exact) mass is 275 g/mol. The van der Waals surface area contributed by atoms with Gasteiger partial charge in [-0.05, 0) is 36.0 Å². The van der Waals surface area contributed by atoms with Crippen molar-refractivity contribution in [2.45, 2.75) is 45.1 Å². The van der Waals surface area contributed by atoms with Gasteiger partial charge in [-0.1, -0.05) is 32.9 Å². The van der Waals surface area contributed by atoms with Crippen molar-refractivity contribution in [3.05, 3.63) is 35.4 Å². The topological polar surface area (TPSA) is 66.4 Å². The highest BCUT2D eigenvalue weighted by molar-refractivity contribution is 5.94. The summed E-state index contributed by atoms with van der Waals surface area (Å²) in [6, 6.07) is 7.57. The van der Waals surface area contributed by atoms with Crippen LogP contribution in [-0.2, 0) is 10.2 Å². The van der Waals surface area contributed by atoms with Crippen molar-refractivity contribution in [3.63, 3.8) is 0 Å². The molecule has 1 aliphatic carbocycles. The quantitative estimate of drug-likeness (QED) is 0.891. The lowest BCUT2D eigenvalue weighted by Crippen LogP contribution is -2.46. The highest BCUT2D eigenvalue weighted by Gasteiger charge is 2.35. The van der Waals surface area contributed by atoms with Crippen molar-refractivity contribution < 1.29 is 14.7 Å². The highest BCUT2D eigenvalue weighted by atomic mass is 16.4. The van der Waals surface area contributed by atoms with Crippen LogP contribution in [0.1, 0.15) is 49.5 Å². The molecule has 2 rings (SSSR count). The summed E-state index contributed by atoms with van der Waals surface area (Å²) in [4.78, 5) is 22.7. The molecular weight excluding hydrogens is 254 g/mol. The SMILES string of the molecule is CC(C)(C)c1ccc(C(=O)NC2CC(C(=O)O)C2)cc1. The number of nitrogens with one attached hydrogen (secondary N) is 1. The van der Waals surface area contributed by atoms with Gasteiger partial charge in [0.2, 0.25) is 0 Å². The largest absolute Gasteiger partial charge is 0.481 e. The van der Waals surface area contributed by atoms with Crippen LogP contribution in [0.5, 0.6) is 0 Å². The Kier molecular flexibility index (Phi) is 3.84. The average molecular weight is 275 g/mol. The second-order valence-corrected chi connectivity index (χ2v) is 6.50. The van der Waals surface area contributed by atoms with Gasteiger partial charge in [0.1, 0.15) is 0 Å². The smallest absolute Gasteiger partial charge is 0.306 e. The van der Waals surface area contributed by atoms with Crippen LogP contribution in [0, 0.1) is 5.92 Å². The van der Waals surface area contributed by atoms with Gasteiger partial charge in [-0.15, -0.1) is 0 Å². The third-order valence-corrected chi connectivity index (χ3v) is 3.84. The van der Waals surface area contributed by atoms with Crippen molar-refractivity contribution in [1.29, 1.82) is 0 Å². The van der Waals surface area contributed by atoms with E-state index in [4.69, 9.17) is 5.11 Å². The number of hydrogen-bond acceptors (Lipinski definition) is 2. The number of carbonyl (C=O) groups is 2. The van der Waals surface area contributed by atoms with E-state index in [0.717, 1.165) is 0 Å². The van der Waals surface area contributed by atoms with Crippen LogP contribution < -0.4 is 5.32 Å². The van der Waals surface area contributed by atoms with E-state index in [-0.39, 0.29) is 23.3 Å². The van der Waals surface area contributed by atoms with E-state index in [1.165, 1.54) is 5.56 Å². The van der Waals surface area contributed by atoms with Gasteiger partial charge in [0.05, 0.1) is 5.92 Å². The van der Waals surface area contributed by atoms with Crippen molar-refractivity contribution in [2.75, 3.05) is 0 Å². The number of benzene rings is 1.